The second-order valence-electron chi connectivity index (χ2n) is 10.9. The maximum Gasteiger partial charge on any atom is 0.272 e. The summed E-state index contributed by atoms with van der Waals surface area (Å²) in [6.07, 6.45) is 1.50. The van der Waals surface area contributed by atoms with Crippen molar-refractivity contribution in [2.75, 3.05) is 32.0 Å². The zero-order valence-corrected chi connectivity index (χ0v) is 30.0. The van der Waals surface area contributed by atoms with Gasteiger partial charge in [-0.3, -0.25) is 24.5 Å². The Bertz CT molecular complexity index is 2100. The van der Waals surface area contributed by atoms with E-state index in [0.717, 1.165) is 4.90 Å². The minimum atomic E-state index is -0.584. The summed E-state index contributed by atoms with van der Waals surface area (Å²) in [5.74, 6) is -0.226. The van der Waals surface area contributed by atoms with E-state index in [1.807, 2.05) is 0 Å². The molecule has 0 spiro atoms. The molecule has 266 valence electrons. The van der Waals surface area contributed by atoms with Gasteiger partial charge in [0.1, 0.15) is 5.70 Å². The summed E-state index contributed by atoms with van der Waals surface area (Å²) < 4.78 is 16.3. The van der Waals surface area contributed by atoms with Crippen molar-refractivity contribution in [1.29, 1.82) is 0 Å². The zero-order chi connectivity index (χ0) is 37.2. The topological polar surface area (TPSA) is 171 Å². The van der Waals surface area contributed by atoms with E-state index in [1.54, 1.807) is 91.2 Å². The molecule has 3 N–H and O–H groups in total. The van der Waals surface area contributed by atoms with Crippen LogP contribution in [-0.2, 0) is 9.59 Å². The van der Waals surface area contributed by atoms with E-state index in [0.29, 0.717) is 50.5 Å². The summed E-state index contributed by atoms with van der Waals surface area (Å²) in [5, 5.41) is 21.0. The molecule has 0 aliphatic heterocycles. The van der Waals surface area contributed by atoms with Gasteiger partial charge in [0, 0.05) is 39.2 Å². The first-order chi connectivity index (χ1) is 25.1. The predicted molar refractivity (Wildman–Crippen MR) is 201 cm³/mol. The molecule has 15 heteroatoms. The number of amides is 3. The molecule has 0 aliphatic carbocycles. The predicted octanol–water partition coefficient (Wildman–Crippen LogP) is 7.27. The summed E-state index contributed by atoms with van der Waals surface area (Å²) in [6.45, 7) is 1.75. The highest BCUT2D eigenvalue weighted by atomic mass is 32.2. The number of nitro groups is 1. The van der Waals surface area contributed by atoms with Crippen LogP contribution < -0.4 is 30.2 Å². The Morgan fingerprint density at radius 3 is 2.21 bits per heavy atom. The number of carbonyl (C=O) groups is 3. The van der Waals surface area contributed by atoms with Crippen molar-refractivity contribution in [3.8, 4) is 28.5 Å². The molecule has 1 heterocycles. The third-order valence-corrected chi connectivity index (χ3v) is 9.28. The fourth-order valence-corrected chi connectivity index (χ4v) is 6.41. The number of non-ortho nitro benzene ring substituents is 1. The summed E-state index contributed by atoms with van der Waals surface area (Å²) in [6, 6.07) is 24.8. The fraction of sp³-hybridized carbons (Fsp3) is 0.135. The number of anilines is 2. The Kier molecular flexibility index (Phi) is 12.2. The number of rotatable bonds is 14. The van der Waals surface area contributed by atoms with Crippen molar-refractivity contribution in [3.05, 3.63) is 123 Å². The molecule has 13 nitrogen and oxygen atoms in total. The second-order valence-corrected chi connectivity index (χ2v) is 13.2. The van der Waals surface area contributed by atoms with Crippen LogP contribution in [0.15, 0.2) is 107 Å². The zero-order valence-electron chi connectivity index (χ0n) is 28.4. The number of benzene rings is 4. The lowest BCUT2D eigenvalue weighted by Crippen LogP contribution is -2.30. The molecule has 1 aromatic heterocycles. The quantitative estimate of drug-likeness (QED) is 0.0455. The van der Waals surface area contributed by atoms with Gasteiger partial charge in [0.05, 0.1) is 37.2 Å². The second kappa shape index (κ2) is 17.2. The number of hydrogen-bond donors (Lipinski definition) is 3. The average molecular weight is 740 g/mol. The number of nitrogens with one attached hydrogen (secondary N) is 3. The van der Waals surface area contributed by atoms with Crippen LogP contribution >= 0.6 is 23.1 Å². The van der Waals surface area contributed by atoms with E-state index in [4.69, 9.17) is 14.2 Å². The van der Waals surface area contributed by atoms with Crippen LogP contribution in [0.3, 0.4) is 0 Å². The van der Waals surface area contributed by atoms with Gasteiger partial charge in [-0.15, -0.1) is 23.1 Å². The van der Waals surface area contributed by atoms with Gasteiger partial charge in [-0.05, 0) is 67.1 Å². The van der Waals surface area contributed by atoms with Crippen LogP contribution in [0.4, 0.5) is 16.5 Å². The summed E-state index contributed by atoms with van der Waals surface area (Å²) in [4.78, 5) is 55.5. The standard InChI is InChI=1S/C37H33N5O8S2/c1-22(34(43)41-37-40-30(21-51-37)25-11-8-12-27(20-25)42(46)47)52-28-15-13-26(14-16-28)38-36(45)29(39-35(44)24-9-6-5-7-10-24)17-23-18-31(48-2)33(50-4)32(19-23)49-3/h5-22H,1-4H3,(H,38,45)(H,39,44)(H,40,41,43)/b29-17-. The van der Waals surface area contributed by atoms with Gasteiger partial charge in [0.15, 0.2) is 16.6 Å². The molecule has 3 amide bonds. The van der Waals surface area contributed by atoms with E-state index in [2.05, 4.69) is 20.9 Å². The van der Waals surface area contributed by atoms with Gasteiger partial charge in [-0.1, -0.05) is 30.3 Å². The van der Waals surface area contributed by atoms with Gasteiger partial charge in [0.2, 0.25) is 11.7 Å². The average Bonchev–Trinajstić information content (AvgIpc) is 3.63. The lowest BCUT2D eigenvalue weighted by Gasteiger charge is -2.15. The molecule has 0 fully saturated rings. The van der Waals surface area contributed by atoms with Crippen molar-refractivity contribution in [1.82, 2.24) is 10.3 Å². The molecule has 4 aromatic carbocycles. The molecule has 1 atom stereocenters. The van der Waals surface area contributed by atoms with Crippen molar-refractivity contribution in [3.63, 3.8) is 0 Å². The molecule has 0 radical (unpaired) electrons. The van der Waals surface area contributed by atoms with Crippen LogP contribution in [0, 0.1) is 10.1 Å². The monoisotopic (exact) mass is 739 g/mol. The number of thiazole rings is 1. The first kappa shape index (κ1) is 37.1. The largest absolute Gasteiger partial charge is 0.493 e. The maximum absolute atomic E-state index is 13.6. The highest BCUT2D eigenvalue weighted by molar-refractivity contribution is 8.00. The van der Waals surface area contributed by atoms with Crippen LogP contribution in [0.25, 0.3) is 17.3 Å². The van der Waals surface area contributed by atoms with Crippen LogP contribution in [-0.4, -0.2) is 54.2 Å². The van der Waals surface area contributed by atoms with Gasteiger partial charge >= 0.3 is 0 Å². The molecule has 0 saturated heterocycles. The summed E-state index contributed by atoms with van der Waals surface area (Å²) in [7, 11) is 4.44. The van der Waals surface area contributed by atoms with E-state index < -0.39 is 22.0 Å². The third kappa shape index (κ3) is 9.32. The number of carbonyl (C=O) groups excluding carboxylic acids is 3. The van der Waals surface area contributed by atoms with Crippen LogP contribution in [0.1, 0.15) is 22.8 Å². The van der Waals surface area contributed by atoms with Crippen LogP contribution in [0.5, 0.6) is 17.2 Å². The van der Waals surface area contributed by atoms with E-state index in [-0.39, 0.29) is 17.3 Å². The first-order valence-electron chi connectivity index (χ1n) is 15.6. The number of aromatic nitrogens is 1. The Hall–Kier alpha value is -6.19. The molecular formula is C37H33N5O8S2. The van der Waals surface area contributed by atoms with Gasteiger partial charge < -0.3 is 30.2 Å². The van der Waals surface area contributed by atoms with Gasteiger partial charge in [-0.2, -0.15) is 0 Å². The Balaban J connectivity index is 1.26. The van der Waals surface area contributed by atoms with Crippen molar-refractivity contribution in [2.24, 2.45) is 0 Å². The molecule has 5 rings (SSSR count). The molecular weight excluding hydrogens is 707 g/mol. The number of hydrogen-bond acceptors (Lipinski definition) is 11. The number of ether oxygens (including phenoxy) is 3. The SMILES string of the molecule is COc1cc(/C=C(\NC(=O)c2ccccc2)C(=O)Nc2ccc(SC(C)C(=O)Nc3nc(-c4cccc([N+](=O)[O-])c4)cs3)cc2)cc(OC)c1OC. The van der Waals surface area contributed by atoms with E-state index in [1.165, 1.54) is 62.6 Å². The summed E-state index contributed by atoms with van der Waals surface area (Å²) in [5.41, 5.74) is 2.32. The maximum atomic E-state index is 13.6. The van der Waals surface area contributed by atoms with Gasteiger partial charge in [0.25, 0.3) is 17.5 Å². The van der Waals surface area contributed by atoms with Crippen molar-refractivity contribution < 1.29 is 33.5 Å². The highest BCUT2D eigenvalue weighted by Gasteiger charge is 2.20. The molecule has 0 bridgehead atoms. The lowest BCUT2D eigenvalue weighted by molar-refractivity contribution is -0.384. The van der Waals surface area contributed by atoms with E-state index >= 15 is 0 Å². The van der Waals surface area contributed by atoms with E-state index in [9.17, 15) is 24.5 Å². The number of nitrogens with zero attached hydrogens (tertiary/aromatic N) is 2. The molecule has 0 saturated carbocycles. The fourth-order valence-electron chi connectivity index (χ4n) is 4.82. The molecule has 1 unspecified atom stereocenters. The Morgan fingerprint density at radius 1 is 0.885 bits per heavy atom. The minimum Gasteiger partial charge on any atom is -0.493 e. The molecule has 0 aliphatic rings. The third-order valence-electron chi connectivity index (χ3n) is 7.41. The Labute approximate surface area is 307 Å². The summed E-state index contributed by atoms with van der Waals surface area (Å²) >= 11 is 2.52. The van der Waals surface area contributed by atoms with Gasteiger partial charge in [-0.25, -0.2) is 4.98 Å². The first-order valence-corrected chi connectivity index (χ1v) is 17.3. The minimum absolute atomic E-state index is 0.0392. The normalized spacial score (nSPS) is 11.6. The molecule has 52 heavy (non-hydrogen) atoms. The number of thioether (sulfide) groups is 1. The number of nitro benzene ring substituents is 1. The smallest absolute Gasteiger partial charge is 0.272 e. The van der Waals surface area contributed by atoms with Crippen LogP contribution in [0.2, 0.25) is 0 Å². The lowest BCUT2D eigenvalue weighted by atomic mass is 10.1. The highest BCUT2D eigenvalue weighted by Crippen LogP contribution is 2.39. The Morgan fingerprint density at radius 2 is 1.58 bits per heavy atom. The van der Waals surface area contributed by atoms with Crippen molar-refractivity contribution >= 4 is 63.4 Å². The molecule has 5 aromatic rings. The number of methoxy groups -OCH3 is 3. The van der Waals surface area contributed by atoms with Crippen molar-refractivity contribution in [2.45, 2.75) is 17.1 Å².